The van der Waals surface area contributed by atoms with E-state index in [4.69, 9.17) is 19.9 Å². The van der Waals surface area contributed by atoms with Crippen molar-refractivity contribution in [2.75, 3.05) is 39.7 Å². The number of carbonyl (C=O) groups is 6. The molecule has 3 aliphatic rings. The summed E-state index contributed by atoms with van der Waals surface area (Å²) in [6.07, 6.45) is 4.32. The molecule has 2 aromatic rings. The minimum Gasteiger partial charge on any atom is -0.449 e. The Bertz CT molecular complexity index is 1990. The van der Waals surface area contributed by atoms with E-state index in [0.29, 0.717) is 44.6 Å². The van der Waals surface area contributed by atoms with Crippen LogP contribution in [-0.4, -0.2) is 133 Å². The molecule has 0 radical (unpaired) electrons. The molecule has 16 nitrogen and oxygen atoms in total. The number of piperidine rings is 1. The summed E-state index contributed by atoms with van der Waals surface area (Å²) in [5.41, 5.74) is 8.14. The largest absolute Gasteiger partial charge is 0.449 e. The molecule has 2 aromatic carbocycles. The molecule has 16 heteroatoms. The number of anilines is 1. The molecule has 6 unspecified atom stereocenters. The summed E-state index contributed by atoms with van der Waals surface area (Å²) < 4.78 is 17.7. The first kappa shape index (κ1) is 53.9. The molecule has 3 fully saturated rings. The first-order valence-electron chi connectivity index (χ1n) is 24.9. The molecular weight excluding hydrogens is 867 g/mol. The second-order valence-corrected chi connectivity index (χ2v) is 19.5. The van der Waals surface area contributed by atoms with Crippen molar-refractivity contribution in [3.8, 4) is 0 Å². The van der Waals surface area contributed by atoms with Crippen LogP contribution in [0.2, 0.25) is 0 Å². The van der Waals surface area contributed by atoms with Gasteiger partial charge in [-0.3, -0.25) is 28.9 Å². The van der Waals surface area contributed by atoms with Gasteiger partial charge in [-0.1, -0.05) is 96.8 Å². The molecule has 11 atom stereocenters. The van der Waals surface area contributed by atoms with Gasteiger partial charge in [-0.05, 0) is 79.5 Å². The molecule has 2 saturated heterocycles. The Morgan fingerprint density at radius 2 is 1.57 bits per heavy atom. The molecular formula is C52H79N7O9. The van der Waals surface area contributed by atoms with Gasteiger partial charge in [0, 0.05) is 52.5 Å². The highest BCUT2D eigenvalue weighted by molar-refractivity contribution is 5.98. The maximum absolute atomic E-state index is 14.6. The monoisotopic (exact) mass is 946 g/mol. The SMILES string of the molecule is CCCCOC(=O)N1C2CCC(C2)C1C(=O)NC(C(=O)N(C)[C@@H]([C@@H](C)CC)[C@@H](CC(=O)N1CCCC1[C@H](OC)[C@@H](C)C(=O)NC(Cc1ccccc1)C(=O)Nc1ccc(CN)cc1)OC)C(C)C. The van der Waals surface area contributed by atoms with Crippen LogP contribution in [-0.2, 0) is 51.1 Å². The number of carbonyl (C=O) groups excluding carboxylic acids is 6. The Morgan fingerprint density at radius 3 is 2.19 bits per heavy atom. The average molecular weight is 946 g/mol. The number of likely N-dealkylation sites (tertiary alicyclic amines) is 2. The van der Waals surface area contributed by atoms with Crippen LogP contribution in [0.25, 0.3) is 0 Å². The van der Waals surface area contributed by atoms with Crippen LogP contribution in [0.3, 0.4) is 0 Å². The number of benzene rings is 2. The standard InChI is InChI=1S/C52H79N7O9/c1-10-12-27-68-52(65)59-39-25-22-37(29-39)46(59)50(63)56-44(32(3)4)51(64)57(7)45(33(5)11-2)42(66-8)30-43(60)58-26-16-19-41(58)47(67-9)34(6)48(61)55-40(28-35-17-14-13-15-18-35)49(62)54-38-23-20-36(31-53)21-24-38/h13-15,17-18,20-21,23-24,32-34,37,39-42,44-47H,10-12,16,19,22,25-31,53H2,1-9H3,(H,54,62)(H,55,61)(H,56,63)/t33-,34+,37?,39?,40?,41?,42+,44?,45-,46?,47+/m0/s1. The summed E-state index contributed by atoms with van der Waals surface area (Å²) in [6, 6.07) is 13.1. The van der Waals surface area contributed by atoms with E-state index in [2.05, 4.69) is 16.0 Å². The van der Waals surface area contributed by atoms with E-state index in [1.807, 2.05) is 77.1 Å². The molecule has 2 bridgehead atoms. The molecule has 0 aromatic heterocycles. The van der Waals surface area contributed by atoms with E-state index in [1.165, 1.54) is 7.11 Å². The fraction of sp³-hybridized carbons (Fsp3) is 0.654. The molecule has 1 aliphatic carbocycles. The molecule has 5 N–H and O–H groups in total. The topological polar surface area (TPSA) is 202 Å². The van der Waals surface area contributed by atoms with Crippen molar-refractivity contribution < 1.29 is 43.0 Å². The lowest BCUT2D eigenvalue weighted by molar-refractivity contribution is -0.148. The predicted octanol–water partition coefficient (Wildman–Crippen LogP) is 5.66. The van der Waals surface area contributed by atoms with Gasteiger partial charge >= 0.3 is 6.09 Å². The molecule has 68 heavy (non-hydrogen) atoms. The summed E-state index contributed by atoms with van der Waals surface area (Å²) in [5.74, 6) is -2.76. The third kappa shape index (κ3) is 13.2. The van der Waals surface area contributed by atoms with Gasteiger partial charge in [-0.15, -0.1) is 0 Å². The second-order valence-electron chi connectivity index (χ2n) is 19.5. The highest BCUT2D eigenvalue weighted by atomic mass is 16.6. The highest BCUT2D eigenvalue weighted by Gasteiger charge is 2.53. The molecule has 2 aliphatic heterocycles. The number of rotatable bonds is 24. The number of nitrogens with two attached hydrogens (primary N) is 1. The lowest BCUT2D eigenvalue weighted by Gasteiger charge is -2.41. The number of fused-ring (bicyclic) bond motifs is 2. The Morgan fingerprint density at radius 1 is 0.868 bits per heavy atom. The van der Waals surface area contributed by atoms with Crippen molar-refractivity contribution in [1.82, 2.24) is 25.3 Å². The number of nitrogens with zero attached hydrogens (tertiary/aromatic N) is 3. The Hall–Kier alpha value is -5.06. The maximum atomic E-state index is 14.6. The number of ether oxygens (including phenoxy) is 3. The van der Waals surface area contributed by atoms with Gasteiger partial charge < -0.3 is 45.7 Å². The van der Waals surface area contributed by atoms with Gasteiger partial charge in [0.05, 0.1) is 43.2 Å². The van der Waals surface area contributed by atoms with Crippen molar-refractivity contribution in [1.29, 1.82) is 0 Å². The van der Waals surface area contributed by atoms with Crippen molar-refractivity contribution in [2.45, 2.75) is 161 Å². The number of hydrogen-bond acceptors (Lipinski definition) is 10. The number of likely N-dealkylation sites (N-methyl/N-ethyl adjacent to an activating group) is 1. The Kier molecular flexibility index (Phi) is 20.2. The van der Waals surface area contributed by atoms with Gasteiger partial charge in [0.25, 0.3) is 0 Å². The van der Waals surface area contributed by atoms with Crippen LogP contribution in [0, 0.1) is 23.7 Å². The summed E-state index contributed by atoms with van der Waals surface area (Å²) >= 11 is 0. The number of hydrogen-bond donors (Lipinski definition) is 4. The third-order valence-electron chi connectivity index (χ3n) is 14.6. The third-order valence-corrected chi connectivity index (χ3v) is 14.6. The fourth-order valence-corrected chi connectivity index (χ4v) is 10.6. The summed E-state index contributed by atoms with van der Waals surface area (Å²) in [5, 5.41) is 8.98. The van der Waals surface area contributed by atoms with Crippen molar-refractivity contribution >= 4 is 41.3 Å². The van der Waals surface area contributed by atoms with Crippen LogP contribution in [0.15, 0.2) is 54.6 Å². The molecule has 376 valence electrons. The fourth-order valence-electron chi connectivity index (χ4n) is 10.6. The van der Waals surface area contributed by atoms with E-state index >= 15 is 0 Å². The first-order valence-corrected chi connectivity index (χ1v) is 24.9. The number of methoxy groups -OCH3 is 2. The molecule has 5 rings (SSSR count). The Labute approximate surface area is 404 Å². The zero-order valence-corrected chi connectivity index (χ0v) is 41.9. The van der Waals surface area contributed by atoms with Crippen molar-refractivity contribution in [3.63, 3.8) is 0 Å². The molecule has 6 amide bonds. The lowest BCUT2D eigenvalue weighted by atomic mass is 9.89. The van der Waals surface area contributed by atoms with Crippen LogP contribution >= 0.6 is 0 Å². The average Bonchev–Trinajstić information content (AvgIpc) is 4.11. The van der Waals surface area contributed by atoms with Gasteiger partial charge in [0.1, 0.15) is 18.1 Å². The zero-order valence-electron chi connectivity index (χ0n) is 41.9. The quantitative estimate of drug-likeness (QED) is 0.0952. The van der Waals surface area contributed by atoms with Gasteiger partial charge in [-0.25, -0.2) is 4.79 Å². The smallest absolute Gasteiger partial charge is 0.410 e. The minimum atomic E-state index is -0.907. The second kappa shape index (κ2) is 25.5. The first-order chi connectivity index (χ1) is 32.6. The van der Waals surface area contributed by atoms with E-state index in [0.717, 1.165) is 43.2 Å². The maximum Gasteiger partial charge on any atom is 0.410 e. The van der Waals surface area contributed by atoms with Crippen LogP contribution < -0.4 is 21.7 Å². The molecule has 0 spiro atoms. The highest BCUT2D eigenvalue weighted by Crippen LogP contribution is 2.43. The van der Waals surface area contributed by atoms with Gasteiger partial charge in [0.15, 0.2) is 0 Å². The number of amides is 6. The normalized spacial score (nSPS) is 21.9. The van der Waals surface area contributed by atoms with Crippen LogP contribution in [0.5, 0.6) is 0 Å². The zero-order chi connectivity index (χ0) is 49.7. The lowest BCUT2D eigenvalue weighted by Crippen LogP contribution is -2.60. The summed E-state index contributed by atoms with van der Waals surface area (Å²) in [4.78, 5) is 89.5. The van der Waals surface area contributed by atoms with E-state index < -0.39 is 54.4 Å². The summed E-state index contributed by atoms with van der Waals surface area (Å²) in [7, 11) is 4.78. The molecule has 1 saturated carbocycles. The minimum absolute atomic E-state index is 0.00494. The van der Waals surface area contributed by atoms with Crippen molar-refractivity contribution in [3.05, 3.63) is 65.7 Å². The van der Waals surface area contributed by atoms with Crippen LogP contribution in [0.4, 0.5) is 10.5 Å². The van der Waals surface area contributed by atoms with E-state index in [-0.39, 0.29) is 66.2 Å². The van der Waals surface area contributed by atoms with Gasteiger partial charge in [0.2, 0.25) is 29.5 Å². The number of nitrogens with one attached hydrogen (secondary N) is 3. The van der Waals surface area contributed by atoms with E-state index in [9.17, 15) is 28.8 Å². The van der Waals surface area contributed by atoms with Crippen molar-refractivity contribution in [2.24, 2.45) is 29.4 Å². The molecule has 2 heterocycles. The predicted molar refractivity (Wildman–Crippen MR) is 261 cm³/mol. The van der Waals surface area contributed by atoms with E-state index in [1.54, 1.807) is 47.9 Å². The van der Waals surface area contributed by atoms with Gasteiger partial charge in [-0.2, -0.15) is 0 Å². The Balaban J connectivity index is 1.28. The number of unbranched alkanes of at least 4 members (excludes halogenated alkanes) is 1. The summed E-state index contributed by atoms with van der Waals surface area (Å²) in [6.45, 7) is 12.7. The van der Waals surface area contributed by atoms with Crippen LogP contribution in [0.1, 0.15) is 110 Å².